The monoisotopic (exact) mass is 219 g/mol. The molecule has 0 saturated carbocycles. The van der Waals surface area contributed by atoms with E-state index in [-0.39, 0.29) is 0 Å². The fourth-order valence-electron chi connectivity index (χ4n) is 0.927. The van der Waals surface area contributed by atoms with Crippen LogP contribution in [0.3, 0.4) is 0 Å². The van der Waals surface area contributed by atoms with Crippen LogP contribution >= 0.6 is 23.2 Å². The zero-order valence-corrected chi connectivity index (χ0v) is 8.07. The van der Waals surface area contributed by atoms with Gasteiger partial charge in [0.1, 0.15) is 4.87 Å². The fourth-order valence-corrected chi connectivity index (χ4v) is 1.36. The molecule has 2 atom stereocenters. The van der Waals surface area contributed by atoms with Gasteiger partial charge in [-0.05, 0) is 0 Å². The molecule has 1 aliphatic rings. The largest absolute Gasteiger partial charge is 0.259 e. The van der Waals surface area contributed by atoms with Crippen molar-refractivity contribution in [1.29, 1.82) is 0 Å². The van der Waals surface area contributed by atoms with Crippen molar-refractivity contribution in [1.82, 2.24) is 0 Å². The number of nitrogens with zero attached hydrogens (tertiary/aromatic N) is 1. The van der Waals surface area contributed by atoms with E-state index in [1.807, 2.05) is 0 Å². The average molecular weight is 220 g/mol. The summed E-state index contributed by atoms with van der Waals surface area (Å²) in [6, 6.07) is 0. The second-order valence-corrected chi connectivity index (χ2v) is 3.70. The topological polar surface area (TPSA) is 43.1 Å². The van der Waals surface area contributed by atoms with Crippen molar-refractivity contribution in [3.8, 4) is 0 Å². The molecule has 1 rings (SSSR count). The second-order valence-electron chi connectivity index (χ2n) is 2.57. The zero-order chi connectivity index (χ0) is 9.90. The Labute approximate surface area is 85.5 Å². The highest BCUT2D eigenvalue weighted by Gasteiger charge is 2.31. The summed E-state index contributed by atoms with van der Waals surface area (Å²) in [6.07, 6.45) is 8.82. The van der Waals surface area contributed by atoms with Crippen LogP contribution in [0.4, 0.5) is 0 Å². The van der Waals surface area contributed by atoms with Crippen LogP contribution in [0.1, 0.15) is 0 Å². The molecule has 5 heteroatoms. The molecule has 3 nitrogen and oxygen atoms in total. The first kappa shape index (κ1) is 10.3. The molecule has 0 N–H and O–H groups in total. The quantitative estimate of drug-likeness (QED) is 0.407. The first-order valence-corrected chi connectivity index (χ1v) is 4.38. The molecule has 0 bridgehead atoms. The number of alkyl halides is 2. The Morgan fingerprint density at radius 2 is 2.23 bits per heavy atom. The molecule has 0 aromatic heterocycles. The Balaban J connectivity index is 2.81. The standard InChI is InChI=1S/C8H7Cl2NO2/c9-7-3-1-2-4-8(7,10)5-6-11(12)13/h1-7H/b6-5+. The van der Waals surface area contributed by atoms with Gasteiger partial charge in [0, 0.05) is 6.08 Å². The van der Waals surface area contributed by atoms with Crippen molar-refractivity contribution in [3.05, 3.63) is 46.7 Å². The third-order valence-corrected chi connectivity index (χ3v) is 2.72. The second kappa shape index (κ2) is 3.94. The third kappa shape index (κ3) is 2.57. The van der Waals surface area contributed by atoms with Gasteiger partial charge in [-0.3, -0.25) is 10.1 Å². The molecule has 2 unspecified atom stereocenters. The van der Waals surface area contributed by atoms with Gasteiger partial charge in [0.05, 0.1) is 10.3 Å². The van der Waals surface area contributed by atoms with E-state index in [9.17, 15) is 10.1 Å². The summed E-state index contributed by atoms with van der Waals surface area (Å²) >= 11 is 11.9. The van der Waals surface area contributed by atoms with Gasteiger partial charge in [0.2, 0.25) is 6.20 Å². The molecular formula is C8H7Cl2NO2. The summed E-state index contributed by atoms with van der Waals surface area (Å²) in [5, 5.41) is 9.60. The third-order valence-electron chi connectivity index (χ3n) is 1.62. The SMILES string of the molecule is O=[N+]([O-])/C=C/C1(Cl)C=CC=CC1Cl. The van der Waals surface area contributed by atoms with Crippen molar-refractivity contribution in [2.75, 3.05) is 0 Å². The van der Waals surface area contributed by atoms with E-state index in [0.29, 0.717) is 0 Å². The van der Waals surface area contributed by atoms with E-state index >= 15 is 0 Å². The normalized spacial score (nSPS) is 32.6. The first-order chi connectivity index (χ1) is 6.04. The molecule has 0 aromatic carbocycles. The van der Waals surface area contributed by atoms with Gasteiger partial charge in [0.15, 0.2) is 0 Å². The predicted octanol–water partition coefficient (Wildman–Crippen LogP) is 2.49. The van der Waals surface area contributed by atoms with Gasteiger partial charge in [-0.2, -0.15) is 0 Å². The Kier molecular flexibility index (Phi) is 3.12. The highest BCUT2D eigenvalue weighted by molar-refractivity contribution is 6.35. The van der Waals surface area contributed by atoms with E-state index in [0.717, 1.165) is 6.20 Å². The number of rotatable bonds is 2. The minimum atomic E-state index is -0.983. The van der Waals surface area contributed by atoms with Gasteiger partial charge in [-0.15, -0.1) is 23.2 Å². The molecule has 0 aliphatic heterocycles. The Hall–Kier alpha value is -0.800. The van der Waals surface area contributed by atoms with E-state index in [4.69, 9.17) is 23.2 Å². The average Bonchev–Trinajstić information content (AvgIpc) is 2.07. The van der Waals surface area contributed by atoms with Crippen LogP contribution in [0.15, 0.2) is 36.6 Å². The Morgan fingerprint density at radius 1 is 1.54 bits per heavy atom. The highest BCUT2D eigenvalue weighted by Crippen LogP contribution is 2.31. The number of nitro groups is 1. The van der Waals surface area contributed by atoms with E-state index < -0.39 is 15.2 Å². The van der Waals surface area contributed by atoms with Crippen LogP contribution in [0, 0.1) is 10.1 Å². The molecule has 0 amide bonds. The van der Waals surface area contributed by atoms with Crippen LogP contribution in [0.2, 0.25) is 0 Å². The summed E-state index contributed by atoms with van der Waals surface area (Å²) in [6.45, 7) is 0. The van der Waals surface area contributed by atoms with Crippen molar-refractivity contribution < 1.29 is 4.92 Å². The van der Waals surface area contributed by atoms with Crippen LogP contribution in [-0.2, 0) is 0 Å². The van der Waals surface area contributed by atoms with E-state index in [2.05, 4.69) is 0 Å². The van der Waals surface area contributed by atoms with Crippen molar-refractivity contribution in [3.63, 3.8) is 0 Å². The Morgan fingerprint density at radius 3 is 2.77 bits per heavy atom. The minimum absolute atomic E-state index is 0.463. The molecule has 0 radical (unpaired) electrons. The lowest BCUT2D eigenvalue weighted by Gasteiger charge is -2.23. The lowest BCUT2D eigenvalue weighted by Crippen LogP contribution is -2.28. The maximum absolute atomic E-state index is 10.1. The predicted molar refractivity (Wildman–Crippen MR) is 52.6 cm³/mol. The summed E-state index contributed by atoms with van der Waals surface area (Å²) in [5.41, 5.74) is 0. The fraction of sp³-hybridized carbons (Fsp3) is 0.250. The maximum Gasteiger partial charge on any atom is 0.232 e. The lowest BCUT2D eigenvalue weighted by atomic mass is 9.99. The summed E-state index contributed by atoms with van der Waals surface area (Å²) in [5.74, 6) is 0. The number of allylic oxidation sites excluding steroid dienone is 5. The van der Waals surface area contributed by atoms with Gasteiger partial charge in [-0.25, -0.2) is 0 Å². The molecular weight excluding hydrogens is 213 g/mol. The van der Waals surface area contributed by atoms with E-state index in [1.165, 1.54) is 6.08 Å². The number of hydrogen-bond donors (Lipinski definition) is 0. The van der Waals surface area contributed by atoms with Crippen LogP contribution in [-0.4, -0.2) is 15.2 Å². The number of halogens is 2. The zero-order valence-electron chi connectivity index (χ0n) is 6.56. The van der Waals surface area contributed by atoms with E-state index in [1.54, 1.807) is 24.3 Å². The van der Waals surface area contributed by atoms with Gasteiger partial charge >= 0.3 is 0 Å². The number of hydrogen-bond acceptors (Lipinski definition) is 2. The summed E-state index contributed by atoms with van der Waals surface area (Å²) in [4.78, 5) is 8.51. The van der Waals surface area contributed by atoms with Crippen LogP contribution < -0.4 is 0 Å². The maximum atomic E-state index is 10.1. The summed E-state index contributed by atoms with van der Waals surface area (Å²) in [7, 11) is 0. The smallest absolute Gasteiger partial charge is 0.232 e. The molecule has 13 heavy (non-hydrogen) atoms. The molecule has 70 valence electrons. The molecule has 0 fully saturated rings. The van der Waals surface area contributed by atoms with Gasteiger partial charge in [0.25, 0.3) is 0 Å². The van der Waals surface area contributed by atoms with Crippen molar-refractivity contribution in [2.24, 2.45) is 0 Å². The van der Waals surface area contributed by atoms with Crippen LogP contribution in [0.25, 0.3) is 0 Å². The molecule has 1 aliphatic carbocycles. The Bertz CT molecular complexity index is 299. The van der Waals surface area contributed by atoms with Crippen molar-refractivity contribution in [2.45, 2.75) is 10.3 Å². The minimum Gasteiger partial charge on any atom is -0.259 e. The van der Waals surface area contributed by atoms with Gasteiger partial charge < -0.3 is 0 Å². The lowest BCUT2D eigenvalue weighted by molar-refractivity contribution is -0.402. The highest BCUT2D eigenvalue weighted by atomic mass is 35.5. The first-order valence-electron chi connectivity index (χ1n) is 3.56. The molecule has 0 aromatic rings. The summed E-state index contributed by atoms with van der Waals surface area (Å²) < 4.78 is 0. The van der Waals surface area contributed by atoms with Gasteiger partial charge in [-0.1, -0.05) is 24.3 Å². The molecule has 0 heterocycles. The van der Waals surface area contributed by atoms with Crippen LogP contribution in [0.5, 0.6) is 0 Å². The molecule has 0 saturated heterocycles. The van der Waals surface area contributed by atoms with Crippen molar-refractivity contribution >= 4 is 23.2 Å². The molecule has 0 spiro atoms.